The summed E-state index contributed by atoms with van der Waals surface area (Å²) in [5, 5.41) is 2.87. The molecule has 0 saturated heterocycles. The normalized spacial score (nSPS) is 11.0. The van der Waals surface area contributed by atoms with Crippen molar-refractivity contribution in [2.24, 2.45) is 0 Å². The molecule has 0 aromatic rings. The Morgan fingerprint density at radius 1 is 0.900 bits per heavy atom. The Bertz CT molecular complexity index is 216. The highest BCUT2D eigenvalue weighted by Gasteiger charge is 2.09. The number of ether oxygens (including phenoxy) is 2. The number of nitrogens with one attached hydrogen (secondary N) is 1. The molecule has 1 amide bonds. The third kappa shape index (κ3) is 12.4. The van der Waals surface area contributed by atoms with Crippen molar-refractivity contribution in [2.75, 3.05) is 19.8 Å². The summed E-state index contributed by atoms with van der Waals surface area (Å²) in [4.78, 5) is 11.7. The Kier molecular flexibility index (Phi) is 14.3. The van der Waals surface area contributed by atoms with Crippen molar-refractivity contribution in [2.45, 2.75) is 78.4 Å². The molecule has 0 aromatic carbocycles. The van der Waals surface area contributed by atoms with Crippen LogP contribution < -0.4 is 5.32 Å². The van der Waals surface area contributed by atoms with Gasteiger partial charge in [-0.3, -0.25) is 4.79 Å². The summed E-state index contributed by atoms with van der Waals surface area (Å²) in [5.74, 6) is 0.1000. The Morgan fingerprint density at radius 2 is 1.45 bits per heavy atom. The largest absolute Gasteiger partial charge is 0.351 e. The van der Waals surface area contributed by atoms with E-state index in [4.69, 9.17) is 9.47 Å². The smallest absolute Gasteiger partial charge is 0.220 e. The fourth-order valence-electron chi connectivity index (χ4n) is 2.07. The Labute approximate surface area is 124 Å². The van der Waals surface area contributed by atoms with Crippen molar-refractivity contribution in [3.8, 4) is 0 Å². The summed E-state index contributed by atoms with van der Waals surface area (Å²) < 4.78 is 10.8. The van der Waals surface area contributed by atoms with Crippen LogP contribution in [0, 0.1) is 0 Å². The zero-order chi connectivity index (χ0) is 15.1. The first-order chi connectivity index (χ1) is 9.74. The van der Waals surface area contributed by atoms with Crippen LogP contribution in [0.2, 0.25) is 0 Å². The SMILES string of the molecule is CCCCCCCCCC(=O)NCC(OCC)OCC. The van der Waals surface area contributed by atoms with Crippen molar-refractivity contribution in [3.63, 3.8) is 0 Å². The molecule has 0 aliphatic heterocycles. The second-order valence-electron chi connectivity index (χ2n) is 5.02. The minimum absolute atomic E-state index is 0.1000. The third-order valence-electron chi connectivity index (χ3n) is 3.18. The topological polar surface area (TPSA) is 47.6 Å². The van der Waals surface area contributed by atoms with Gasteiger partial charge in [0.15, 0.2) is 6.29 Å². The summed E-state index contributed by atoms with van der Waals surface area (Å²) >= 11 is 0. The molecule has 0 bridgehead atoms. The molecule has 0 radical (unpaired) electrons. The first-order valence-electron chi connectivity index (χ1n) is 8.24. The highest BCUT2D eigenvalue weighted by atomic mass is 16.7. The number of hydrogen-bond acceptors (Lipinski definition) is 3. The highest BCUT2D eigenvalue weighted by molar-refractivity contribution is 5.75. The zero-order valence-corrected chi connectivity index (χ0v) is 13.6. The molecule has 120 valence electrons. The van der Waals surface area contributed by atoms with Gasteiger partial charge in [-0.15, -0.1) is 0 Å². The number of rotatable bonds is 14. The molecule has 20 heavy (non-hydrogen) atoms. The van der Waals surface area contributed by atoms with Crippen molar-refractivity contribution >= 4 is 5.91 Å². The predicted octanol–water partition coefficient (Wildman–Crippen LogP) is 3.64. The standard InChI is InChI=1S/C16H33NO3/c1-4-7-8-9-10-11-12-13-15(18)17-14-16(19-5-2)20-6-3/h16H,4-14H2,1-3H3,(H,17,18). The molecule has 0 spiro atoms. The quantitative estimate of drug-likeness (QED) is 0.392. The van der Waals surface area contributed by atoms with E-state index < -0.39 is 0 Å². The van der Waals surface area contributed by atoms with Crippen molar-refractivity contribution in [1.29, 1.82) is 0 Å². The average Bonchev–Trinajstić information content (AvgIpc) is 2.44. The molecular weight excluding hydrogens is 254 g/mol. The van der Waals surface area contributed by atoms with E-state index >= 15 is 0 Å². The minimum atomic E-state index is -0.317. The van der Waals surface area contributed by atoms with Crippen molar-refractivity contribution in [1.82, 2.24) is 5.32 Å². The lowest BCUT2D eigenvalue weighted by atomic mass is 10.1. The third-order valence-corrected chi connectivity index (χ3v) is 3.18. The Hall–Kier alpha value is -0.610. The van der Waals surface area contributed by atoms with Gasteiger partial charge in [0.2, 0.25) is 5.91 Å². The molecule has 0 saturated carbocycles. The van der Waals surface area contributed by atoms with Crippen LogP contribution in [0.1, 0.15) is 72.1 Å². The lowest BCUT2D eigenvalue weighted by Crippen LogP contribution is -2.35. The van der Waals surface area contributed by atoms with E-state index in [0.29, 0.717) is 26.2 Å². The average molecular weight is 287 g/mol. The summed E-state index contributed by atoms with van der Waals surface area (Å²) in [6.45, 7) is 7.70. The molecule has 4 heteroatoms. The van der Waals surface area contributed by atoms with Crippen LogP contribution >= 0.6 is 0 Å². The number of carbonyl (C=O) groups is 1. The van der Waals surface area contributed by atoms with Gasteiger partial charge in [-0.2, -0.15) is 0 Å². The van der Waals surface area contributed by atoms with Gasteiger partial charge in [0.25, 0.3) is 0 Å². The van der Waals surface area contributed by atoms with Crippen LogP contribution in [0.25, 0.3) is 0 Å². The Balaban J connectivity index is 3.47. The summed E-state index contributed by atoms with van der Waals surface area (Å²) in [7, 11) is 0. The van der Waals surface area contributed by atoms with Crippen LogP contribution in [-0.2, 0) is 14.3 Å². The maximum atomic E-state index is 11.7. The van der Waals surface area contributed by atoms with E-state index in [9.17, 15) is 4.79 Å². The maximum Gasteiger partial charge on any atom is 0.220 e. The second-order valence-corrected chi connectivity index (χ2v) is 5.02. The molecule has 0 atom stereocenters. The monoisotopic (exact) mass is 287 g/mol. The fraction of sp³-hybridized carbons (Fsp3) is 0.938. The van der Waals surface area contributed by atoms with Gasteiger partial charge in [-0.05, 0) is 20.3 Å². The molecule has 0 fully saturated rings. The van der Waals surface area contributed by atoms with Gasteiger partial charge in [-0.25, -0.2) is 0 Å². The predicted molar refractivity (Wildman–Crippen MR) is 82.7 cm³/mol. The molecule has 4 nitrogen and oxygen atoms in total. The van der Waals surface area contributed by atoms with E-state index in [1.807, 2.05) is 13.8 Å². The fourth-order valence-corrected chi connectivity index (χ4v) is 2.07. The molecule has 0 rings (SSSR count). The Morgan fingerprint density at radius 3 is 2.00 bits per heavy atom. The minimum Gasteiger partial charge on any atom is -0.351 e. The highest BCUT2D eigenvalue weighted by Crippen LogP contribution is 2.08. The summed E-state index contributed by atoms with van der Waals surface area (Å²) in [5.41, 5.74) is 0. The molecule has 0 aromatic heterocycles. The first kappa shape index (κ1) is 19.4. The molecule has 0 unspecified atom stereocenters. The lowest BCUT2D eigenvalue weighted by molar-refractivity contribution is -0.140. The van der Waals surface area contributed by atoms with E-state index in [0.717, 1.165) is 12.8 Å². The van der Waals surface area contributed by atoms with Gasteiger partial charge < -0.3 is 14.8 Å². The van der Waals surface area contributed by atoms with Crippen LogP contribution in [-0.4, -0.2) is 32.0 Å². The molecule has 1 N–H and O–H groups in total. The van der Waals surface area contributed by atoms with E-state index in [-0.39, 0.29) is 12.2 Å². The number of amides is 1. The maximum absolute atomic E-state index is 11.7. The van der Waals surface area contributed by atoms with Gasteiger partial charge in [0.1, 0.15) is 0 Å². The van der Waals surface area contributed by atoms with E-state index in [1.54, 1.807) is 0 Å². The first-order valence-corrected chi connectivity index (χ1v) is 8.24. The molecular formula is C16H33NO3. The lowest BCUT2D eigenvalue weighted by Gasteiger charge is -2.17. The molecule has 0 aliphatic rings. The van der Waals surface area contributed by atoms with Gasteiger partial charge >= 0.3 is 0 Å². The molecule has 0 aliphatic carbocycles. The second kappa shape index (κ2) is 14.8. The zero-order valence-electron chi connectivity index (χ0n) is 13.6. The number of unbranched alkanes of at least 4 members (excludes halogenated alkanes) is 6. The number of hydrogen-bond donors (Lipinski definition) is 1. The van der Waals surface area contributed by atoms with Crippen LogP contribution in [0.4, 0.5) is 0 Å². The summed E-state index contributed by atoms with van der Waals surface area (Å²) in [6, 6.07) is 0. The van der Waals surface area contributed by atoms with Gasteiger partial charge in [-0.1, -0.05) is 45.4 Å². The van der Waals surface area contributed by atoms with Crippen LogP contribution in [0.15, 0.2) is 0 Å². The van der Waals surface area contributed by atoms with Gasteiger partial charge in [0, 0.05) is 19.6 Å². The summed E-state index contributed by atoms with van der Waals surface area (Å²) in [6.07, 6.45) is 8.90. The van der Waals surface area contributed by atoms with E-state index in [1.165, 1.54) is 32.1 Å². The van der Waals surface area contributed by atoms with E-state index in [2.05, 4.69) is 12.2 Å². The van der Waals surface area contributed by atoms with Crippen LogP contribution in [0.5, 0.6) is 0 Å². The molecule has 0 heterocycles. The van der Waals surface area contributed by atoms with Crippen LogP contribution in [0.3, 0.4) is 0 Å². The van der Waals surface area contributed by atoms with Gasteiger partial charge in [0.05, 0.1) is 6.54 Å². The number of carbonyl (C=O) groups excluding carboxylic acids is 1. The van der Waals surface area contributed by atoms with Crippen molar-refractivity contribution in [3.05, 3.63) is 0 Å². The van der Waals surface area contributed by atoms with Crippen molar-refractivity contribution < 1.29 is 14.3 Å².